The van der Waals surface area contributed by atoms with E-state index in [1.165, 1.54) is 6.07 Å². The van der Waals surface area contributed by atoms with Gasteiger partial charge in [-0.25, -0.2) is 4.39 Å². The van der Waals surface area contributed by atoms with Gasteiger partial charge in [-0.15, -0.1) is 0 Å². The van der Waals surface area contributed by atoms with Crippen LogP contribution in [0.15, 0.2) is 23.2 Å². The number of hydrogen-bond donors (Lipinski definition) is 1. The summed E-state index contributed by atoms with van der Waals surface area (Å²) >= 11 is 0. The average Bonchev–Trinajstić information content (AvgIpc) is 2.67. The number of hydrogen-bond acceptors (Lipinski definition) is 3. The van der Waals surface area contributed by atoms with Crippen molar-refractivity contribution in [1.82, 2.24) is 4.98 Å². The number of fused-ring (bicyclic) bond motifs is 3. The highest BCUT2D eigenvalue weighted by Crippen LogP contribution is 2.31. The molecule has 1 aromatic carbocycles. The zero-order chi connectivity index (χ0) is 14.1. The number of carbonyl (C=O) groups excluding carboxylic acids is 1. The quantitative estimate of drug-likeness (QED) is 0.856. The largest absolute Gasteiger partial charge is 0.465 e. The molecule has 4 nitrogen and oxygen atoms in total. The van der Waals surface area contributed by atoms with Crippen molar-refractivity contribution in [1.29, 1.82) is 0 Å². The lowest BCUT2D eigenvalue weighted by Gasteiger charge is -2.10. The van der Waals surface area contributed by atoms with Gasteiger partial charge in [0.25, 0.3) is 0 Å². The fourth-order valence-corrected chi connectivity index (χ4v) is 2.63. The predicted molar refractivity (Wildman–Crippen MR) is 74.7 cm³/mol. The van der Waals surface area contributed by atoms with Gasteiger partial charge in [0.15, 0.2) is 0 Å². The summed E-state index contributed by atoms with van der Waals surface area (Å²) in [6.07, 6.45) is 2.28. The molecule has 2 heterocycles. The molecule has 1 N–H and O–H groups in total. The van der Waals surface area contributed by atoms with Crippen molar-refractivity contribution in [2.75, 3.05) is 13.2 Å². The summed E-state index contributed by atoms with van der Waals surface area (Å²) in [5.41, 5.74) is 2.10. The molecule has 1 aliphatic rings. The summed E-state index contributed by atoms with van der Waals surface area (Å²) in [6, 6.07) is 4.95. The molecule has 0 amide bonds. The van der Waals surface area contributed by atoms with Crippen molar-refractivity contribution in [3.63, 3.8) is 0 Å². The molecule has 5 heteroatoms. The van der Waals surface area contributed by atoms with Crippen LogP contribution >= 0.6 is 0 Å². The number of ether oxygens (including phenoxy) is 1. The zero-order valence-corrected chi connectivity index (χ0v) is 11.1. The van der Waals surface area contributed by atoms with E-state index >= 15 is 0 Å². The summed E-state index contributed by atoms with van der Waals surface area (Å²) in [5.74, 6) is -1.25. The van der Waals surface area contributed by atoms with Gasteiger partial charge in [-0.05, 0) is 25.0 Å². The molecule has 0 radical (unpaired) electrons. The minimum Gasteiger partial charge on any atom is -0.465 e. The van der Waals surface area contributed by atoms with E-state index in [9.17, 15) is 9.18 Å². The van der Waals surface area contributed by atoms with E-state index in [-0.39, 0.29) is 11.8 Å². The van der Waals surface area contributed by atoms with E-state index in [0.717, 1.165) is 10.9 Å². The Morgan fingerprint density at radius 3 is 3.20 bits per heavy atom. The summed E-state index contributed by atoms with van der Waals surface area (Å²) in [5, 5.41) is 0.819. The van der Waals surface area contributed by atoms with Crippen molar-refractivity contribution >= 4 is 23.1 Å². The van der Waals surface area contributed by atoms with Crippen molar-refractivity contribution in [2.45, 2.75) is 19.3 Å². The van der Waals surface area contributed by atoms with Crippen molar-refractivity contribution in [2.24, 2.45) is 4.99 Å². The molecular weight excluding hydrogens is 259 g/mol. The molecule has 0 bridgehead atoms. The lowest BCUT2D eigenvalue weighted by Crippen LogP contribution is -2.18. The Morgan fingerprint density at radius 2 is 2.40 bits per heavy atom. The fourth-order valence-electron chi connectivity index (χ4n) is 2.63. The average molecular weight is 274 g/mol. The van der Waals surface area contributed by atoms with Crippen LogP contribution in [0.3, 0.4) is 0 Å². The second kappa shape index (κ2) is 5.07. The molecule has 20 heavy (non-hydrogen) atoms. The van der Waals surface area contributed by atoms with E-state index in [1.54, 1.807) is 19.2 Å². The highest BCUT2D eigenvalue weighted by Gasteiger charge is 2.28. The number of nitrogens with one attached hydrogen (secondary N) is 1. The number of aliphatic imine (C=N–C) groups is 1. The Morgan fingerprint density at radius 1 is 1.55 bits per heavy atom. The molecule has 0 aliphatic carbocycles. The molecule has 0 saturated heterocycles. The Labute approximate surface area is 115 Å². The third kappa shape index (κ3) is 1.99. The first kappa shape index (κ1) is 12.8. The Balaban J connectivity index is 2.17. The maximum absolute atomic E-state index is 13.9. The predicted octanol–water partition coefficient (Wildman–Crippen LogP) is 2.58. The van der Waals surface area contributed by atoms with Crippen LogP contribution in [0.1, 0.15) is 24.1 Å². The standard InChI is InChI=1S/C15H15FN2O2/c1-2-20-15(19)11-8-17-7-6-10-9-4-3-5-12(16)14(9)18-13(10)11/h3-5,8,11,18H,2,6-7H2,1H3. The number of aromatic amines is 1. The smallest absolute Gasteiger partial charge is 0.320 e. The van der Waals surface area contributed by atoms with Crippen LogP contribution < -0.4 is 0 Å². The van der Waals surface area contributed by atoms with E-state index < -0.39 is 5.92 Å². The van der Waals surface area contributed by atoms with E-state index in [2.05, 4.69) is 9.98 Å². The molecule has 1 unspecified atom stereocenters. The number of halogens is 1. The van der Waals surface area contributed by atoms with Gasteiger partial charge in [-0.2, -0.15) is 0 Å². The Bertz CT molecular complexity index is 690. The van der Waals surface area contributed by atoms with Crippen LogP contribution in [-0.2, 0) is 16.0 Å². The minimum atomic E-state index is -0.584. The highest BCUT2D eigenvalue weighted by atomic mass is 19.1. The van der Waals surface area contributed by atoms with Gasteiger partial charge in [-0.1, -0.05) is 12.1 Å². The van der Waals surface area contributed by atoms with Gasteiger partial charge >= 0.3 is 5.97 Å². The summed E-state index contributed by atoms with van der Waals surface area (Å²) in [6.45, 7) is 2.66. The van der Waals surface area contributed by atoms with E-state index in [0.29, 0.717) is 30.8 Å². The monoisotopic (exact) mass is 274 g/mol. The second-order valence-electron chi connectivity index (χ2n) is 4.71. The van der Waals surface area contributed by atoms with Gasteiger partial charge in [0.05, 0.1) is 12.1 Å². The molecule has 0 spiro atoms. The summed E-state index contributed by atoms with van der Waals surface area (Å²) in [7, 11) is 0. The van der Waals surface area contributed by atoms with Gasteiger partial charge in [-0.3, -0.25) is 9.79 Å². The molecule has 3 rings (SSSR count). The first-order valence-electron chi connectivity index (χ1n) is 6.68. The number of carbonyl (C=O) groups is 1. The van der Waals surface area contributed by atoms with Crippen LogP contribution in [0.2, 0.25) is 0 Å². The third-order valence-corrected chi connectivity index (χ3v) is 3.52. The number of nitrogens with zero attached hydrogens (tertiary/aromatic N) is 1. The molecule has 1 aromatic heterocycles. The maximum Gasteiger partial charge on any atom is 0.320 e. The van der Waals surface area contributed by atoms with Gasteiger partial charge in [0, 0.05) is 23.8 Å². The Hall–Kier alpha value is -2.17. The van der Waals surface area contributed by atoms with Crippen LogP contribution in [0, 0.1) is 5.82 Å². The molecule has 1 aliphatic heterocycles. The molecule has 0 saturated carbocycles. The summed E-state index contributed by atoms with van der Waals surface area (Å²) in [4.78, 5) is 19.3. The van der Waals surface area contributed by atoms with Crippen molar-refractivity contribution < 1.29 is 13.9 Å². The Kier molecular flexibility index (Phi) is 3.26. The number of rotatable bonds is 2. The number of para-hydroxylation sites is 1. The lowest BCUT2D eigenvalue weighted by atomic mass is 10.0. The zero-order valence-electron chi connectivity index (χ0n) is 11.1. The van der Waals surface area contributed by atoms with E-state index in [1.807, 2.05) is 6.07 Å². The van der Waals surface area contributed by atoms with Crippen LogP contribution in [0.4, 0.5) is 4.39 Å². The topological polar surface area (TPSA) is 54.4 Å². The van der Waals surface area contributed by atoms with Crippen molar-refractivity contribution in [3.8, 4) is 0 Å². The van der Waals surface area contributed by atoms with Crippen molar-refractivity contribution in [3.05, 3.63) is 35.3 Å². The van der Waals surface area contributed by atoms with Crippen LogP contribution in [0.25, 0.3) is 10.9 Å². The molecule has 104 valence electrons. The molecule has 2 aromatic rings. The first-order valence-corrected chi connectivity index (χ1v) is 6.68. The highest BCUT2D eigenvalue weighted by molar-refractivity contribution is 5.99. The summed E-state index contributed by atoms with van der Waals surface area (Å²) < 4.78 is 18.9. The number of aromatic nitrogens is 1. The SMILES string of the molecule is CCOC(=O)C1C=NCCc2c1[nH]c1c(F)cccc21. The number of H-pyrrole nitrogens is 1. The number of benzene rings is 1. The van der Waals surface area contributed by atoms with Gasteiger partial charge in [0.1, 0.15) is 11.7 Å². The molecular formula is C15H15FN2O2. The van der Waals surface area contributed by atoms with Crippen LogP contribution in [-0.4, -0.2) is 30.3 Å². The molecule has 1 atom stereocenters. The fraction of sp³-hybridized carbons (Fsp3) is 0.333. The third-order valence-electron chi connectivity index (χ3n) is 3.52. The van der Waals surface area contributed by atoms with Gasteiger partial charge in [0.2, 0.25) is 0 Å². The minimum absolute atomic E-state index is 0.310. The van der Waals surface area contributed by atoms with Crippen LogP contribution in [0.5, 0.6) is 0 Å². The molecule has 0 fully saturated rings. The second-order valence-corrected chi connectivity index (χ2v) is 4.71. The maximum atomic E-state index is 13.9. The number of esters is 1. The first-order chi connectivity index (χ1) is 9.72. The van der Waals surface area contributed by atoms with Gasteiger partial charge < -0.3 is 9.72 Å². The lowest BCUT2D eigenvalue weighted by molar-refractivity contribution is -0.143. The normalized spacial score (nSPS) is 17.8. The van der Waals surface area contributed by atoms with E-state index in [4.69, 9.17) is 4.74 Å².